The number of rotatable bonds is 4. The number of hydrogen-bond donors (Lipinski definition) is 1. The van der Waals surface area contributed by atoms with Gasteiger partial charge in [0.15, 0.2) is 12.4 Å². The van der Waals surface area contributed by atoms with Gasteiger partial charge in [-0.2, -0.15) is 0 Å². The lowest BCUT2D eigenvalue weighted by atomic mass is 10.1. The van der Waals surface area contributed by atoms with E-state index in [-0.39, 0.29) is 6.42 Å². The van der Waals surface area contributed by atoms with Gasteiger partial charge in [0.2, 0.25) is 0 Å². The fraction of sp³-hybridized carbons (Fsp3) is 0.200. The lowest BCUT2D eigenvalue weighted by Crippen LogP contribution is -2.20. The molecule has 0 saturated heterocycles. The maximum atomic E-state index is 10.5. The Labute approximate surface area is 81.1 Å². The van der Waals surface area contributed by atoms with Crippen LogP contribution in [-0.4, -0.2) is 23.7 Å². The number of ether oxygens (including phenoxy) is 1. The second kappa shape index (κ2) is 5.01. The van der Waals surface area contributed by atoms with Gasteiger partial charge in [-0.3, -0.25) is 4.79 Å². The summed E-state index contributed by atoms with van der Waals surface area (Å²) in [5, 5.41) is 8.31. The Hall–Kier alpha value is -1.84. The van der Waals surface area contributed by atoms with E-state index in [0.29, 0.717) is 6.29 Å². The first kappa shape index (κ1) is 10.2. The zero-order valence-electron chi connectivity index (χ0n) is 7.42. The van der Waals surface area contributed by atoms with Crippen molar-refractivity contribution in [1.82, 2.24) is 0 Å². The third kappa shape index (κ3) is 3.26. The molecule has 14 heavy (non-hydrogen) atoms. The average molecular weight is 194 g/mol. The highest BCUT2D eigenvalue weighted by molar-refractivity contribution is 5.64. The Morgan fingerprint density at radius 1 is 1.43 bits per heavy atom. The number of benzene rings is 1. The summed E-state index contributed by atoms with van der Waals surface area (Å²) in [7, 11) is 0. The van der Waals surface area contributed by atoms with Gasteiger partial charge in [-0.05, 0) is 5.56 Å². The van der Waals surface area contributed by atoms with Crippen LogP contribution >= 0.6 is 0 Å². The van der Waals surface area contributed by atoms with E-state index in [1.54, 1.807) is 0 Å². The summed E-state index contributed by atoms with van der Waals surface area (Å²) in [6.07, 6.45) is -1.59. The molecule has 1 atom stereocenters. The summed E-state index contributed by atoms with van der Waals surface area (Å²) < 4.78 is 4.35. The third-order valence-corrected chi connectivity index (χ3v) is 1.68. The molecule has 4 nitrogen and oxygen atoms in total. The van der Waals surface area contributed by atoms with Crippen LogP contribution < -0.4 is 0 Å². The molecule has 0 heterocycles. The Balaban J connectivity index is 2.57. The summed E-state index contributed by atoms with van der Waals surface area (Å²) in [5.74, 6) is 0. The van der Waals surface area contributed by atoms with Crippen LogP contribution in [0.25, 0.3) is 0 Å². The van der Waals surface area contributed by atoms with Crippen molar-refractivity contribution in [2.45, 2.75) is 12.5 Å². The minimum atomic E-state index is -1.43. The Morgan fingerprint density at radius 3 is 2.57 bits per heavy atom. The van der Waals surface area contributed by atoms with Crippen LogP contribution in [0.5, 0.6) is 0 Å². The molecule has 0 aliphatic rings. The van der Waals surface area contributed by atoms with Crippen LogP contribution in [-0.2, 0) is 16.0 Å². The molecule has 0 amide bonds. The third-order valence-electron chi connectivity index (χ3n) is 1.68. The van der Waals surface area contributed by atoms with Crippen LogP contribution in [0.15, 0.2) is 30.3 Å². The average Bonchev–Trinajstić information content (AvgIpc) is 2.17. The second-order valence-corrected chi connectivity index (χ2v) is 2.75. The molecule has 1 aromatic rings. The lowest BCUT2D eigenvalue weighted by molar-refractivity contribution is -0.116. The van der Waals surface area contributed by atoms with E-state index in [1.807, 2.05) is 30.3 Å². The summed E-state index contributed by atoms with van der Waals surface area (Å²) >= 11 is 0. The molecule has 0 radical (unpaired) electrons. The van der Waals surface area contributed by atoms with Crippen LogP contribution in [0.4, 0.5) is 4.79 Å². The standard InChI is InChI=1S/C10H10O4/c11-7-9(14-10(12)13)6-8-4-2-1-3-5-8/h1-5,7,9H,6H2,(H,12,13). The highest BCUT2D eigenvalue weighted by Crippen LogP contribution is 2.04. The predicted octanol–water partition coefficient (Wildman–Crippen LogP) is 1.49. The van der Waals surface area contributed by atoms with E-state index in [4.69, 9.17) is 5.11 Å². The highest BCUT2D eigenvalue weighted by Gasteiger charge is 2.12. The fourth-order valence-electron chi connectivity index (χ4n) is 1.09. The quantitative estimate of drug-likeness (QED) is 0.582. The largest absolute Gasteiger partial charge is 0.506 e. The van der Waals surface area contributed by atoms with Crippen molar-refractivity contribution < 1.29 is 19.4 Å². The number of hydrogen-bond acceptors (Lipinski definition) is 3. The molecule has 1 aromatic carbocycles. The summed E-state index contributed by atoms with van der Waals surface area (Å²) in [4.78, 5) is 20.6. The molecule has 74 valence electrons. The topological polar surface area (TPSA) is 63.6 Å². The van der Waals surface area contributed by atoms with E-state index in [2.05, 4.69) is 4.74 Å². The van der Waals surface area contributed by atoms with E-state index in [0.717, 1.165) is 5.56 Å². The number of carbonyl (C=O) groups is 2. The van der Waals surface area contributed by atoms with Crippen LogP contribution in [0.3, 0.4) is 0 Å². The van der Waals surface area contributed by atoms with Gasteiger partial charge < -0.3 is 9.84 Å². The van der Waals surface area contributed by atoms with E-state index in [9.17, 15) is 9.59 Å². The highest BCUT2D eigenvalue weighted by atomic mass is 16.7. The molecule has 0 aliphatic heterocycles. The van der Waals surface area contributed by atoms with Gasteiger partial charge in [0.1, 0.15) is 0 Å². The predicted molar refractivity (Wildman–Crippen MR) is 49.1 cm³/mol. The maximum absolute atomic E-state index is 10.5. The number of carbonyl (C=O) groups excluding carboxylic acids is 1. The molecule has 0 aromatic heterocycles. The minimum Gasteiger partial charge on any atom is -0.450 e. The lowest BCUT2D eigenvalue weighted by Gasteiger charge is -2.08. The van der Waals surface area contributed by atoms with Gasteiger partial charge in [0, 0.05) is 6.42 Å². The number of carboxylic acid groups (broad SMARTS) is 1. The van der Waals surface area contributed by atoms with Gasteiger partial charge in [-0.25, -0.2) is 4.79 Å². The molecule has 1 rings (SSSR count). The van der Waals surface area contributed by atoms with Crippen molar-refractivity contribution in [2.24, 2.45) is 0 Å². The van der Waals surface area contributed by atoms with Crippen molar-refractivity contribution in [1.29, 1.82) is 0 Å². The SMILES string of the molecule is O=CC(Cc1ccccc1)OC(=O)O. The molecule has 0 aliphatic carbocycles. The molecular weight excluding hydrogens is 184 g/mol. The fourth-order valence-corrected chi connectivity index (χ4v) is 1.09. The molecule has 4 heteroatoms. The van der Waals surface area contributed by atoms with Crippen molar-refractivity contribution in [3.8, 4) is 0 Å². The summed E-state index contributed by atoms with van der Waals surface area (Å²) in [6, 6.07) is 9.09. The van der Waals surface area contributed by atoms with Crippen LogP contribution in [0.2, 0.25) is 0 Å². The molecule has 0 saturated carbocycles. The second-order valence-electron chi connectivity index (χ2n) is 2.75. The van der Waals surface area contributed by atoms with Crippen molar-refractivity contribution in [3.05, 3.63) is 35.9 Å². The van der Waals surface area contributed by atoms with Crippen LogP contribution in [0.1, 0.15) is 5.56 Å². The summed E-state index contributed by atoms with van der Waals surface area (Å²) in [6.45, 7) is 0. The Bertz CT molecular complexity index is 307. The Morgan fingerprint density at radius 2 is 2.07 bits per heavy atom. The van der Waals surface area contributed by atoms with Crippen molar-refractivity contribution in [2.75, 3.05) is 0 Å². The van der Waals surface area contributed by atoms with Gasteiger partial charge >= 0.3 is 6.16 Å². The first-order valence-electron chi connectivity index (χ1n) is 4.11. The first-order chi connectivity index (χ1) is 6.72. The monoisotopic (exact) mass is 194 g/mol. The van der Waals surface area contributed by atoms with Gasteiger partial charge in [-0.15, -0.1) is 0 Å². The van der Waals surface area contributed by atoms with E-state index < -0.39 is 12.3 Å². The summed E-state index contributed by atoms with van der Waals surface area (Å²) in [5.41, 5.74) is 0.867. The van der Waals surface area contributed by atoms with Crippen molar-refractivity contribution >= 4 is 12.4 Å². The van der Waals surface area contributed by atoms with E-state index in [1.165, 1.54) is 0 Å². The molecule has 0 bridgehead atoms. The zero-order valence-corrected chi connectivity index (χ0v) is 7.42. The van der Waals surface area contributed by atoms with Gasteiger partial charge in [0.05, 0.1) is 0 Å². The number of aldehydes is 1. The smallest absolute Gasteiger partial charge is 0.450 e. The molecule has 1 N–H and O–H groups in total. The van der Waals surface area contributed by atoms with Crippen LogP contribution in [0, 0.1) is 0 Å². The van der Waals surface area contributed by atoms with E-state index >= 15 is 0 Å². The first-order valence-corrected chi connectivity index (χ1v) is 4.11. The normalized spacial score (nSPS) is 11.7. The maximum Gasteiger partial charge on any atom is 0.506 e. The van der Waals surface area contributed by atoms with Crippen molar-refractivity contribution in [3.63, 3.8) is 0 Å². The molecule has 1 unspecified atom stereocenters. The van der Waals surface area contributed by atoms with Gasteiger partial charge in [-0.1, -0.05) is 30.3 Å². The Kier molecular flexibility index (Phi) is 3.67. The molecule has 0 fully saturated rings. The van der Waals surface area contributed by atoms with Gasteiger partial charge in [0.25, 0.3) is 0 Å². The molecule has 0 spiro atoms. The minimum absolute atomic E-state index is 0.274. The zero-order chi connectivity index (χ0) is 10.4. The molecular formula is C10H10O4.